The minimum Gasteiger partial charge on any atom is -0.457 e. The third-order valence-electron chi connectivity index (χ3n) is 6.98. The van der Waals surface area contributed by atoms with Gasteiger partial charge < -0.3 is 24.4 Å². The van der Waals surface area contributed by atoms with Crippen molar-refractivity contribution >= 4 is 46.3 Å². The van der Waals surface area contributed by atoms with Crippen molar-refractivity contribution in [2.75, 3.05) is 7.05 Å². The molecule has 2 atom stereocenters. The first-order valence-electron chi connectivity index (χ1n) is 12.5. The molecule has 2 aromatic carbocycles. The molecule has 0 unspecified atom stereocenters. The van der Waals surface area contributed by atoms with Crippen molar-refractivity contribution in [1.29, 1.82) is 0 Å². The summed E-state index contributed by atoms with van der Waals surface area (Å²) >= 11 is 0. The molecule has 0 aliphatic rings. The Bertz CT molecular complexity index is 1550. The van der Waals surface area contributed by atoms with Crippen molar-refractivity contribution < 1.29 is 18.7 Å². The maximum atomic E-state index is 14.0. The van der Waals surface area contributed by atoms with E-state index >= 15 is 0 Å². The number of fused-ring (bicyclic) bond motifs is 2. The summed E-state index contributed by atoms with van der Waals surface area (Å²) in [5, 5.41) is 4.79. The van der Waals surface area contributed by atoms with Gasteiger partial charge in [-0.3, -0.25) is 9.78 Å². The number of nitrogens with one attached hydrogen (secondary N) is 2. The summed E-state index contributed by atoms with van der Waals surface area (Å²) in [6.07, 6.45) is 4.84. The first-order valence-corrected chi connectivity index (χ1v) is 12.5. The van der Waals surface area contributed by atoms with Crippen molar-refractivity contribution in [3.8, 4) is 0 Å². The van der Waals surface area contributed by atoms with Gasteiger partial charge in [0.25, 0.3) is 0 Å². The lowest BCUT2D eigenvalue weighted by molar-refractivity contribution is -0.138. The molecule has 9 heteroatoms. The van der Waals surface area contributed by atoms with E-state index in [-0.39, 0.29) is 37.4 Å². The largest absolute Gasteiger partial charge is 0.457 e. The number of aromatic amines is 1. The van der Waals surface area contributed by atoms with Crippen LogP contribution in [-0.2, 0) is 22.6 Å². The van der Waals surface area contributed by atoms with Gasteiger partial charge in [0, 0.05) is 48.3 Å². The fourth-order valence-corrected chi connectivity index (χ4v) is 4.77. The molecular weight excluding hydrogens is 516 g/mol. The van der Waals surface area contributed by atoms with E-state index in [1.165, 1.54) is 0 Å². The number of nitrogens with zero attached hydrogens (tertiary/aromatic N) is 2. The van der Waals surface area contributed by atoms with Gasteiger partial charge in [-0.15, -0.1) is 12.4 Å². The number of amides is 2. The van der Waals surface area contributed by atoms with E-state index in [9.17, 15) is 9.59 Å². The number of ether oxygens (including phenoxy) is 1. The fourth-order valence-electron chi connectivity index (χ4n) is 4.77. The number of halogens is 1. The molecular formula is C30H31ClN4O4. The second kappa shape index (κ2) is 11.6. The van der Waals surface area contributed by atoms with Crippen LogP contribution in [0.1, 0.15) is 36.8 Å². The van der Waals surface area contributed by atoms with Crippen molar-refractivity contribution in [2.24, 2.45) is 0 Å². The Morgan fingerprint density at radius 3 is 2.59 bits per heavy atom. The van der Waals surface area contributed by atoms with Gasteiger partial charge in [-0.1, -0.05) is 36.4 Å². The lowest BCUT2D eigenvalue weighted by Gasteiger charge is -2.36. The highest BCUT2D eigenvalue weighted by Crippen LogP contribution is 2.27. The van der Waals surface area contributed by atoms with Gasteiger partial charge in [0.1, 0.15) is 16.9 Å². The number of aromatic nitrogens is 2. The molecule has 2 N–H and O–H groups in total. The van der Waals surface area contributed by atoms with Crippen LogP contribution < -0.4 is 5.32 Å². The highest BCUT2D eigenvalue weighted by molar-refractivity contribution is 5.91. The van der Waals surface area contributed by atoms with E-state index in [0.717, 1.165) is 33.0 Å². The zero-order valence-corrected chi connectivity index (χ0v) is 22.8. The number of hydrogen-bond acceptors (Lipinski definition) is 5. The molecule has 0 saturated heterocycles. The number of H-pyrrole nitrogens is 1. The van der Waals surface area contributed by atoms with Crippen LogP contribution in [0, 0.1) is 0 Å². The molecule has 8 nitrogen and oxygen atoms in total. The summed E-state index contributed by atoms with van der Waals surface area (Å²) in [7, 11) is 1.74. The summed E-state index contributed by atoms with van der Waals surface area (Å²) in [5.41, 5.74) is 2.25. The number of furan rings is 1. The molecule has 0 fully saturated rings. The maximum Gasteiger partial charge on any atom is 0.408 e. The van der Waals surface area contributed by atoms with Gasteiger partial charge in [0.05, 0.1) is 6.04 Å². The van der Waals surface area contributed by atoms with Crippen LogP contribution in [-0.4, -0.2) is 39.5 Å². The van der Waals surface area contributed by atoms with E-state index < -0.39 is 11.6 Å². The summed E-state index contributed by atoms with van der Waals surface area (Å²) in [6.45, 7) is 3.62. The quantitative estimate of drug-likeness (QED) is 0.242. The fraction of sp³-hybridized carbons (Fsp3) is 0.233. The van der Waals surface area contributed by atoms with Gasteiger partial charge in [0.15, 0.2) is 6.61 Å². The first kappa shape index (κ1) is 27.7. The first-order chi connectivity index (χ1) is 18.3. The smallest absolute Gasteiger partial charge is 0.408 e. The van der Waals surface area contributed by atoms with Gasteiger partial charge in [-0.25, -0.2) is 4.79 Å². The number of carbonyl (C=O) groups excluding carboxylic acids is 2. The SMILES string of the molecule is C[C@@H](c1ccncc1)N(C)C(=O)[C@@](C)(Cc1c[nH]c2ccccc12)NC(=O)OCc1cc2ccccc2o1.Cl. The zero-order valence-electron chi connectivity index (χ0n) is 22.0. The van der Waals surface area contributed by atoms with Crippen LogP contribution in [0.15, 0.2) is 89.7 Å². The molecule has 5 rings (SSSR count). The van der Waals surface area contributed by atoms with E-state index in [2.05, 4.69) is 15.3 Å². The Hall–Kier alpha value is -4.30. The Balaban J connectivity index is 0.00000353. The normalized spacial score (nSPS) is 13.3. The van der Waals surface area contributed by atoms with Crippen LogP contribution in [0.5, 0.6) is 0 Å². The minimum absolute atomic E-state index is 0. The summed E-state index contributed by atoms with van der Waals surface area (Å²) in [4.78, 5) is 36.0. The van der Waals surface area contributed by atoms with Crippen molar-refractivity contribution in [1.82, 2.24) is 20.2 Å². The Morgan fingerprint density at radius 1 is 1.10 bits per heavy atom. The molecule has 202 valence electrons. The topological polar surface area (TPSA) is 100 Å². The van der Waals surface area contributed by atoms with Crippen LogP contribution in [0.2, 0.25) is 0 Å². The van der Waals surface area contributed by atoms with E-state index in [0.29, 0.717) is 5.76 Å². The van der Waals surface area contributed by atoms with Crippen LogP contribution in [0.3, 0.4) is 0 Å². The second-order valence-electron chi connectivity index (χ2n) is 9.69. The predicted octanol–water partition coefficient (Wildman–Crippen LogP) is 6.18. The second-order valence-corrected chi connectivity index (χ2v) is 9.69. The number of benzene rings is 2. The van der Waals surface area contributed by atoms with E-state index in [4.69, 9.17) is 9.15 Å². The van der Waals surface area contributed by atoms with Crippen molar-refractivity contribution in [2.45, 2.75) is 38.5 Å². The molecule has 0 saturated carbocycles. The highest BCUT2D eigenvalue weighted by Gasteiger charge is 2.40. The third-order valence-corrected chi connectivity index (χ3v) is 6.98. The molecule has 5 aromatic rings. The van der Waals surface area contributed by atoms with Crippen molar-refractivity contribution in [3.05, 3.63) is 102 Å². The van der Waals surface area contributed by atoms with E-state index in [1.807, 2.05) is 79.9 Å². The molecule has 0 bridgehead atoms. The van der Waals surface area contributed by atoms with Gasteiger partial charge in [-0.2, -0.15) is 0 Å². The van der Waals surface area contributed by atoms with Crippen LogP contribution >= 0.6 is 12.4 Å². The summed E-state index contributed by atoms with van der Waals surface area (Å²) < 4.78 is 11.3. The number of rotatable bonds is 8. The zero-order chi connectivity index (χ0) is 26.7. The molecule has 3 aromatic heterocycles. The third kappa shape index (κ3) is 5.91. The molecule has 39 heavy (non-hydrogen) atoms. The molecule has 0 spiro atoms. The molecule has 3 heterocycles. The number of alkyl carbamates (subject to hydrolysis) is 1. The number of carbonyl (C=O) groups is 2. The molecule has 0 aliphatic carbocycles. The lowest BCUT2D eigenvalue weighted by atomic mass is 9.90. The minimum atomic E-state index is -1.29. The predicted molar refractivity (Wildman–Crippen MR) is 153 cm³/mol. The summed E-state index contributed by atoms with van der Waals surface area (Å²) in [5.74, 6) is 0.280. The van der Waals surface area contributed by atoms with Gasteiger partial charge in [-0.05, 0) is 55.3 Å². The number of likely N-dealkylation sites (N-methyl/N-ethyl adjacent to an activating group) is 1. The monoisotopic (exact) mass is 546 g/mol. The van der Waals surface area contributed by atoms with Crippen LogP contribution in [0.4, 0.5) is 4.79 Å². The van der Waals surface area contributed by atoms with Gasteiger partial charge >= 0.3 is 6.09 Å². The Labute approximate surface area is 232 Å². The summed E-state index contributed by atoms with van der Waals surface area (Å²) in [6, 6.07) is 20.8. The van der Waals surface area contributed by atoms with E-state index in [1.54, 1.807) is 31.3 Å². The molecule has 0 aliphatic heterocycles. The Morgan fingerprint density at radius 2 is 1.82 bits per heavy atom. The average molecular weight is 547 g/mol. The van der Waals surface area contributed by atoms with Crippen molar-refractivity contribution in [3.63, 3.8) is 0 Å². The van der Waals surface area contributed by atoms with Crippen LogP contribution in [0.25, 0.3) is 21.9 Å². The number of pyridine rings is 1. The standard InChI is InChI=1S/C30H30N4O4.ClH/c1-20(21-12-14-31-15-13-21)34(3)28(35)30(2,17-23-18-32-26-10-6-5-9-25(23)26)33-29(36)37-19-24-16-22-8-4-7-11-27(22)38-24;/h4-16,18,20,32H,17,19H2,1-3H3,(H,33,36);1H/t20-,30+;/m0./s1. The lowest BCUT2D eigenvalue weighted by Crippen LogP contribution is -2.58. The van der Waals surface area contributed by atoms with Gasteiger partial charge in [0.2, 0.25) is 5.91 Å². The number of para-hydroxylation sites is 2. The Kier molecular flexibility index (Phi) is 8.26. The maximum absolute atomic E-state index is 14.0. The highest BCUT2D eigenvalue weighted by atomic mass is 35.5. The molecule has 2 amide bonds. The average Bonchev–Trinajstić information content (AvgIpc) is 3.55. The molecule has 0 radical (unpaired) electrons. The number of hydrogen-bond donors (Lipinski definition) is 2.